The standard InChI is InChI=1S/C75H50N4O/c1-47-35-39-68(76-45-47)78(53-25-17-23-51(41-53)49-19-5-3-6-20-49)55-37-38-60-62(43-55)56-27-9-10-30-59(56)71-72-65(75(73(60)71)63-32-14-11-28-57(63)58-29-12-15-33-64(58)75)44-66(70-61-31-13-16-34-67(61)80-74(70)72)79(69-40-36-48(2)46-77-69)54-26-18-24-52(42-54)50-21-7-4-8-22-50/h3-46H,1-2H3. The molecule has 3 heterocycles. The Bertz CT molecular complexity index is 4750. The van der Waals surface area contributed by atoms with Crippen LogP contribution < -0.4 is 9.80 Å². The van der Waals surface area contributed by atoms with Crippen molar-refractivity contribution >= 4 is 77.9 Å². The molecule has 11 aromatic carbocycles. The van der Waals surface area contributed by atoms with Crippen molar-refractivity contribution in [1.29, 1.82) is 0 Å². The zero-order valence-electron chi connectivity index (χ0n) is 44.1. The summed E-state index contributed by atoms with van der Waals surface area (Å²) in [7, 11) is 0. The number of benzene rings is 11. The number of fused-ring (bicyclic) bond motifs is 19. The maximum Gasteiger partial charge on any atom is 0.145 e. The Labute approximate surface area is 464 Å². The van der Waals surface area contributed by atoms with Gasteiger partial charge in [0.1, 0.15) is 22.8 Å². The molecule has 0 bridgehead atoms. The zero-order chi connectivity index (χ0) is 53.1. The van der Waals surface area contributed by atoms with Crippen LogP contribution in [0.5, 0.6) is 0 Å². The lowest BCUT2D eigenvalue weighted by atomic mass is 9.69. The van der Waals surface area contributed by atoms with E-state index >= 15 is 0 Å². The van der Waals surface area contributed by atoms with Gasteiger partial charge in [-0.1, -0.05) is 194 Å². The molecule has 0 saturated heterocycles. The average molecular weight is 1020 g/mol. The van der Waals surface area contributed by atoms with Crippen molar-refractivity contribution in [1.82, 2.24) is 9.97 Å². The molecular weight excluding hydrogens is 973 g/mol. The Balaban J connectivity index is 1.04. The number of pyridine rings is 2. The summed E-state index contributed by atoms with van der Waals surface area (Å²) < 4.78 is 7.50. The van der Waals surface area contributed by atoms with Gasteiger partial charge in [0.05, 0.1) is 16.5 Å². The SMILES string of the molecule is Cc1ccc(N(c2cccc(-c3ccccc3)c2)c2ccc3c4c(c5ccccc5c3c2)-c2c(cc(N(c3cccc(-c5ccccc5)c3)c3ccc(C)cn3)c3c2oc2ccccc23)C42c3ccccc3-c3ccccc32)nc1. The minimum Gasteiger partial charge on any atom is -0.455 e. The highest BCUT2D eigenvalue weighted by atomic mass is 16.3. The van der Waals surface area contributed by atoms with Gasteiger partial charge in [0.2, 0.25) is 0 Å². The minimum atomic E-state index is -0.788. The van der Waals surface area contributed by atoms with Crippen LogP contribution in [0.3, 0.4) is 0 Å². The molecule has 14 aromatic rings. The summed E-state index contributed by atoms with van der Waals surface area (Å²) in [5.41, 5.74) is 21.4. The molecular formula is C75H50N4O. The van der Waals surface area contributed by atoms with E-state index in [4.69, 9.17) is 14.4 Å². The highest BCUT2D eigenvalue weighted by Gasteiger charge is 2.54. The molecule has 2 aliphatic carbocycles. The maximum atomic E-state index is 7.50. The number of nitrogens with zero attached hydrogens (tertiary/aromatic N) is 4. The van der Waals surface area contributed by atoms with E-state index in [-0.39, 0.29) is 0 Å². The van der Waals surface area contributed by atoms with Crippen LogP contribution in [0.4, 0.5) is 34.4 Å². The summed E-state index contributed by atoms with van der Waals surface area (Å²) >= 11 is 0. The number of anilines is 6. The summed E-state index contributed by atoms with van der Waals surface area (Å²) in [4.78, 5) is 15.0. The number of hydrogen-bond donors (Lipinski definition) is 0. The maximum absolute atomic E-state index is 7.50. The van der Waals surface area contributed by atoms with Gasteiger partial charge in [-0.3, -0.25) is 9.80 Å². The van der Waals surface area contributed by atoms with Gasteiger partial charge in [-0.15, -0.1) is 0 Å². The molecule has 0 atom stereocenters. The summed E-state index contributed by atoms with van der Waals surface area (Å²) in [5, 5.41) is 6.75. The van der Waals surface area contributed by atoms with Crippen LogP contribution in [0.25, 0.3) is 88.0 Å². The number of aromatic nitrogens is 2. The van der Waals surface area contributed by atoms with E-state index in [0.29, 0.717) is 0 Å². The first kappa shape index (κ1) is 45.8. The molecule has 0 fully saturated rings. The lowest BCUT2D eigenvalue weighted by Gasteiger charge is -2.33. The van der Waals surface area contributed by atoms with Crippen molar-refractivity contribution in [2.24, 2.45) is 0 Å². The predicted octanol–water partition coefficient (Wildman–Crippen LogP) is 19.9. The smallest absolute Gasteiger partial charge is 0.145 e. The Morgan fingerprint density at radius 3 is 1.51 bits per heavy atom. The zero-order valence-corrected chi connectivity index (χ0v) is 44.1. The normalized spacial score (nSPS) is 12.7. The van der Waals surface area contributed by atoms with Gasteiger partial charge in [-0.05, 0) is 168 Å². The van der Waals surface area contributed by atoms with Crippen molar-refractivity contribution < 1.29 is 4.42 Å². The lowest BCUT2D eigenvalue weighted by Crippen LogP contribution is -2.26. The van der Waals surface area contributed by atoms with E-state index in [1.807, 2.05) is 12.4 Å². The van der Waals surface area contributed by atoms with E-state index in [1.165, 1.54) is 49.7 Å². The highest BCUT2D eigenvalue weighted by Crippen LogP contribution is 2.68. The van der Waals surface area contributed by atoms with Gasteiger partial charge in [-0.2, -0.15) is 0 Å². The molecule has 376 valence electrons. The fourth-order valence-corrected chi connectivity index (χ4v) is 13.4. The molecule has 0 aliphatic heterocycles. The second-order valence-electron chi connectivity index (χ2n) is 21.4. The van der Waals surface area contributed by atoms with Crippen molar-refractivity contribution in [2.45, 2.75) is 19.3 Å². The molecule has 1 spiro atoms. The van der Waals surface area contributed by atoms with E-state index in [2.05, 4.69) is 278 Å². The molecule has 2 aliphatic rings. The van der Waals surface area contributed by atoms with Crippen molar-refractivity contribution in [2.75, 3.05) is 9.80 Å². The van der Waals surface area contributed by atoms with Gasteiger partial charge in [0, 0.05) is 40.4 Å². The van der Waals surface area contributed by atoms with E-state index in [9.17, 15) is 0 Å². The van der Waals surface area contributed by atoms with Crippen LogP contribution in [0.1, 0.15) is 33.4 Å². The topological polar surface area (TPSA) is 45.4 Å². The fourth-order valence-electron chi connectivity index (χ4n) is 13.4. The van der Waals surface area contributed by atoms with Crippen molar-refractivity contribution in [3.05, 3.63) is 301 Å². The van der Waals surface area contributed by atoms with Gasteiger partial charge >= 0.3 is 0 Å². The first-order valence-corrected chi connectivity index (χ1v) is 27.5. The molecule has 16 rings (SSSR count). The first-order valence-electron chi connectivity index (χ1n) is 27.5. The van der Waals surface area contributed by atoms with Gasteiger partial charge in [0.25, 0.3) is 0 Å². The van der Waals surface area contributed by atoms with Crippen LogP contribution in [0, 0.1) is 13.8 Å². The van der Waals surface area contributed by atoms with Crippen LogP contribution in [0.2, 0.25) is 0 Å². The molecule has 0 amide bonds. The quantitative estimate of drug-likeness (QED) is 0.142. The molecule has 5 nitrogen and oxygen atoms in total. The summed E-state index contributed by atoms with van der Waals surface area (Å²) in [6.45, 7) is 4.19. The molecule has 0 saturated carbocycles. The summed E-state index contributed by atoms with van der Waals surface area (Å²) in [6, 6.07) is 93.0. The van der Waals surface area contributed by atoms with Crippen molar-refractivity contribution in [3.63, 3.8) is 0 Å². The number of hydrogen-bond acceptors (Lipinski definition) is 5. The molecule has 80 heavy (non-hydrogen) atoms. The van der Waals surface area contributed by atoms with Crippen LogP contribution in [-0.2, 0) is 5.41 Å². The van der Waals surface area contributed by atoms with E-state index < -0.39 is 5.41 Å². The lowest BCUT2D eigenvalue weighted by molar-refractivity contribution is 0.669. The third-order valence-electron chi connectivity index (χ3n) is 16.8. The number of rotatable bonds is 8. The second-order valence-corrected chi connectivity index (χ2v) is 21.4. The Morgan fingerprint density at radius 1 is 0.362 bits per heavy atom. The minimum absolute atomic E-state index is 0.788. The summed E-state index contributed by atoms with van der Waals surface area (Å²) in [5.74, 6) is 1.66. The monoisotopic (exact) mass is 1020 g/mol. The van der Waals surface area contributed by atoms with E-state index in [1.54, 1.807) is 0 Å². The fraction of sp³-hybridized carbons (Fsp3) is 0.0400. The van der Waals surface area contributed by atoms with Crippen LogP contribution >= 0.6 is 0 Å². The Hall–Kier alpha value is -10.4. The number of para-hydroxylation sites is 1. The Kier molecular flexibility index (Phi) is 10.2. The molecule has 0 radical (unpaired) electrons. The average Bonchev–Trinajstić information content (AvgIpc) is 4.23. The Morgan fingerprint density at radius 2 is 0.887 bits per heavy atom. The summed E-state index contributed by atoms with van der Waals surface area (Å²) in [6.07, 6.45) is 3.94. The predicted molar refractivity (Wildman–Crippen MR) is 330 cm³/mol. The van der Waals surface area contributed by atoms with Crippen LogP contribution in [0.15, 0.2) is 272 Å². The molecule has 3 aromatic heterocycles. The van der Waals surface area contributed by atoms with E-state index in [0.717, 1.165) is 106 Å². The van der Waals surface area contributed by atoms with Gasteiger partial charge in [-0.25, -0.2) is 9.97 Å². The number of aryl methyl sites for hydroxylation is 2. The third-order valence-corrected chi connectivity index (χ3v) is 16.8. The van der Waals surface area contributed by atoms with Gasteiger partial charge in [0.15, 0.2) is 0 Å². The largest absolute Gasteiger partial charge is 0.455 e. The highest BCUT2D eigenvalue weighted by molar-refractivity contribution is 6.26. The van der Waals surface area contributed by atoms with Gasteiger partial charge < -0.3 is 4.42 Å². The second kappa shape index (κ2) is 17.8. The third kappa shape index (κ3) is 6.77. The number of furan rings is 1. The van der Waals surface area contributed by atoms with Crippen molar-refractivity contribution in [3.8, 4) is 44.5 Å². The molecule has 5 heteroatoms. The molecule has 0 unspecified atom stereocenters. The van der Waals surface area contributed by atoms with Crippen LogP contribution in [-0.4, -0.2) is 9.97 Å². The molecule has 0 N–H and O–H groups in total. The first-order chi connectivity index (χ1) is 39.5.